The number of rotatable bonds is 6. The molecule has 2 aliphatic rings. The van der Waals surface area contributed by atoms with Crippen molar-refractivity contribution in [3.63, 3.8) is 0 Å². The van der Waals surface area contributed by atoms with E-state index in [0.29, 0.717) is 29.9 Å². The van der Waals surface area contributed by atoms with Crippen molar-refractivity contribution in [1.29, 1.82) is 0 Å². The molecule has 0 saturated heterocycles. The van der Waals surface area contributed by atoms with Gasteiger partial charge in [0, 0.05) is 20.5 Å². The predicted octanol–water partition coefficient (Wildman–Crippen LogP) is 5.55. The third kappa shape index (κ3) is 4.24. The SMILES string of the molecule is CNC(=O)c1cccc(-c2ccc(CC(=O)C3(c4ccc5c(c4)OCO5)CC3)cc2C(F)(F)F)c1.[HH]. The van der Waals surface area contributed by atoms with Crippen molar-refractivity contribution in [2.45, 2.75) is 30.9 Å². The molecule has 0 unspecified atom stereocenters. The highest BCUT2D eigenvalue weighted by Gasteiger charge is 2.51. The third-order valence-electron chi connectivity index (χ3n) is 6.63. The minimum absolute atomic E-state index is 0. The van der Waals surface area contributed by atoms with E-state index < -0.39 is 17.2 Å². The van der Waals surface area contributed by atoms with Crippen LogP contribution in [0.4, 0.5) is 13.2 Å². The fraction of sp³-hybridized carbons (Fsp3) is 0.259. The fourth-order valence-electron chi connectivity index (χ4n) is 4.56. The van der Waals surface area contributed by atoms with Crippen molar-refractivity contribution in [3.05, 3.63) is 82.9 Å². The van der Waals surface area contributed by atoms with Gasteiger partial charge in [-0.2, -0.15) is 13.2 Å². The van der Waals surface area contributed by atoms with Crippen molar-refractivity contribution < 1.29 is 33.7 Å². The normalized spacial score (nSPS) is 15.5. The molecule has 0 radical (unpaired) electrons. The van der Waals surface area contributed by atoms with Crippen molar-refractivity contribution >= 4 is 11.7 Å². The van der Waals surface area contributed by atoms with Crippen LogP contribution in [0.3, 0.4) is 0 Å². The monoisotopic (exact) mass is 483 g/mol. The lowest BCUT2D eigenvalue weighted by Crippen LogP contribution is -2.22. The fourth-order valence-corrected chi connectivity index (χ4v) is 4.56. The summed E-state index contributed by atoms with van der Waals surface area (Å²) in [5.41, 5.74) is 0.0270. The van der Waals surface area contributed by atoms with E-state index >= 15 is 0 Å². The van der Waals surface area contributed by atoms with E-state index in [2.05, 4.69) is 5.32 Å². The molecular weight excluding hydrogens is 459 g/mol. The molecule has 1 aliphatic carbocycles. The Kier molecular flexibility index (Phi) is 5.54. The van der Waals surface area contributed by atoms with Gasteiger partial charge in [0.1, 0.15) is 5.78 Å². The summed E-state index contributed by atoms with van der Waals surface area (Å²) >= 11 is 0. The number of carbonyl (C=O) groups excluding carboxylic acids is 2. The van der Waals surface area contributed by atoms with Crippen molar-refractivity contribution in [3.8, 4) is 22.6 Å². The first-order valence-corrected chi connectivity index (χ1v) is 11.2. The number of carbonyl (C=O) groups is 2. The van der Waals surface area contributed by atoms with E-state index in [1.54, 1.807) is 24.3 Å². The molecule has 5 nitrogen and oxygen atoms in total. The van der Waals surface area contributed by atoms with E-state index in [-0.39, 0.29) is 43.0 Å². The van der Waals surface area contributed by atoms with E-state index in [1.165, 1.54) is 31.3 Å². The molecule has 8 heteroatoms. The van der Waals surface area contributed by atoms with Gasteiger partial charge in [0.2, 0.25) is 6.79 Å². The lowest BCUT2D eigenvalue weighted by Gasteiger charge is -2.18. The van der Waals surface area contributed by atoms with Gasteiger partial charge in [0.25, 0.3) is 5.91 Å². The Labute approximate surface area is 201 Å². The van der Waals surface area contributed by atoms with Crippen molar-refractivity contribution in [2.24, 2.45) is 0 Å². The first kappa shape index (κ1) is 23.0. The zero-order chi connectivity index (χ0) is 24.8. The van der Waals surface area contributed by atoms with Crippen LogP contribution in [0.1, 0.15) is 41.3 Å². The highest BCUT2D eigenvalue weighted by Crippen LogP contribution is 2.51. The topological polar surface area (TPSA) is 64.6 Å². The summed E-state index contributed by atoms with van der Waals surface area (Å²) in [6, 6.07) is 15.4. The number of hydrogen-bond donors (Lipinski definition) is 1. The van der Waals surface area contributed by atoms with Crippen LogP contribution >= 0.6 is 0 Å². The van der Waals surface area contributed by atoms with Gasteiger partial charge < -0.3 is 14.8 Å². The molecule has 0 atom stereocenters. The molecule has 1 aliphatic heterocycles. The summed E-state index contributed by atoms with van der Waals surface area (Å²) in [6.45, 7) is 0.123. The average Bonchev–Trinajstić information content (AvgIpc) is 3.54. The predicted molar refractivity (Wildman–Crippen MR) is 125 cm³/mol. The van der Waals surface area contributed by atoms with Crippen molar-refractivity contribution in [1.82, 2.24) is 5.32 Å². The number of amides is 1. The number of nitrogens with one attached hydrogen (secondary N) is 1. The molecule has 3 aromatic rings. The summed E-state index contributed by atoms with van der Waals surface area (Å²) in [4.78, 5) is 25.2. The standard InChI is InChI=1S/C27H22F3NO4.H2/c1-31-25(33)18-4-2-3-17(13-18)20-7-5-16(11-21(20)27(28,29)30)12-24(32)26(9-10-26)19-6-8-22-23(14-19)35-15-34-22;/h2-8,11,13-14H,9-10,12,15H2,1H3,(H,31,33);1H. The highest BCUT2D eigenvalue weighted by atomic mass is 19.4. The average molecular weight is 483 g/mol. The first-order valence-electron chi connectivity index (χ1n) is 11.2. The lowest BCUT2D eigenvalue weighted by atomic mass is 9.86. The van der Waals surface area contributed by atoms with Gasteiger partial charge in [-0.3, -0.25) is 9.59 Å². The molecule has 1 N–H and O–H groups in total. The highest BCUT2D eigenvalue weighted by molar-refractivity contribution is 5.96. The molecule has 1 saturated carbocycles. The Balaban J connectivity index is 0.00000304. The number of halogens is 3. The summed E-state index contributed by atoms with van der Waals surface area (Å²) in [5.74, 6) is 0.673. The number of ether oxygens (including phenoxy) is 2. The van der Waals surface area contributed by atoms with Crippen LogP contribution in [0.5, 0.6) is 11.5 Å². The summed E-state index contributed by atoms with van der Waals surface area (Å²) < 4.78 is 52.8. The molecule has 5 rings (SSSR count). The Morgan fingerprint density at radius 2 is 1.77 bits per heavy atom. The maximum atomic E-state index is 14.0. The van der Waals surface area contributed by atoms with Crippen LogP contribution < -0.4 is 14.8 Å². The molecule has 0 spiro atoms. The van der Waals surface area contributed by atoms with Crippen LogP contribution in [0.15, 0.2) is 60.7 Å². The molecule has 182 valence electrons. The zero-order valence-corrected chi connectivity index (χ0v) is 18.9. The molecule has 0 bridgehead atoms. The minimum atomic E-state index is -4.63. The van der Waals surface area contributed by atoms with E-state index in [0.717, 1.165) is 11.6 Å². The largest absolute Gasteiger partial charge is 0.454 e. The number of benzene rings is 3. The van der Waals surface area contributed by atoms with E-state index in [1.807, 2.05) is 6.07 Å². The van der Waals surface area contributed by atoms with Gasteiger partial charge in [0.15, 0.2) is 11.5 Å². The van der Waals surface area contributed by atoms with Gasteiger partial charge in [-0.1, -0.05) is 30.3 Å². The van der Waals surface area contributed by atoms with Crippen LogP contribution in [0.2, 0.25) is 0 Å². The molecule has 1 amide bonds. The smallest absolute Gasteiger partial charge is 0.417 e. The molecule has 0 aromatic heterocycles. The van der Waals surface area contributed by atoms with E-state index in [9.17, 15) is 22.8 Å². The maximum absolute atomic E-state index is 14.0. The van der Waals surface area contributed by atoms with Crippen LogP contribution in [-0.2, 0) is 22.8 Å². The van der Waals surface area contributed by atoms with Gasteiger partial charge in [-0.15, -0.1) is 0 Å². The quantitative estimate of drug-likeness (QED) is 0.499. The third-order valence-corrected chi connectivity index (χ3v) is 6.63. The van der Waals surface area contributed by atoms with Gasteiger partial charge in [-0.25, -0.2) is 0 Å². The molecule has 3 aromatic carbocycles. The van der Waals surface area contributed by atoms with E-state index in [4.69, 9.17) is 9.47 Å². The number of Topliss-reactive ketones (excluding diaryl/α,β-unsaturated/α-hetero) is 1. The Hall–Kier alpha value is -3.81. The number of hydrogen-bond acceptors (Lipinski definition) is 4. The number of fused-ring (bicyclic) bond motifs is 1. The van der Waals surface area contributed by atoms with Gasteiger partial charge in [-0.05, 0) is 65.4 Å². The molecule has 1 heterocycles. The summed E-state index contributed by atoms with van der Waals surface area (Å²) in [7, 11) is 1.46. The molecule has 1 fully saturated rings. The second-order valence-corrected chi connectivity index (χ2v) is 8.79. The van der Waals surface area contributed by atoms with Gasteiger partial charge in [0.05, 0.1) is 11.0 Å². The summed E-state index contributed by atoms with van der Waals surface area (Å²) in [6.07, 6.45) is -3.47. The Morgan fingerprint density at radius 3 is 2.49 bits per heavy atom. The van der Waals surface area contributed by atoms with Gasteiger partial charge >= 0.3 is 6.18 Å². The van der Waals surface area contributed by atoms with Crippen LogP contribution in [0.25, 0.3) is 11.1 Å². The Bertz CT molecular complexity index is 1330. The summed E-state index contributed by atoms with van der Waals surface area (Å²) in [5, 5.41) is 2.47. The number of ketones is 1. The molecule has 35 heavy (non-hydrogen) atoms. The van der Waals surface area contributed by atoms with Crippen molar-refractivity contribution in [2.75, 3.05) is 13.8 Å². The first-order chi connectivity index (χ1) is 16.7. The zero-order valence-electron chi connectivity index (χ0n) is 18.9. The van der Waals surface area contributed by atoms with Crippen LogP contribution in [-0.4, -0.2) is 25.5 Å². The Morgan fingerprint density at radius 1 is 1.00 bits per heavy atom. The second kappa shape index (κ2) is 8.45. The van der Waals surface area contributed by atoms with Crippen LogP contribution in [0, 0.1) is 0 Å². The lowest BCUT2D eigenvalue weighted by molar-refractivity contribution is -0.137. The minimum Gasteiger partial charge on any atom is -0.454 e. The second-order valence-electron chi connectivity index (χ2n) is 8.79. The molecular formula is C27H24F3NO4. The number of alkyl halides is 3. The maximum Gasteiger partial charge on any atom is 0.417 e.